The zero-order valence-electron chi connectivity index (χ0n) is 10.0. The van der Waals surface area contributed by atoms with E-state index < -0.39 is 0 Å². The lowest BCUT2D eigenvalue weighted by Gasteiger charge is -2.17. The van der Waals surface area contributed by atoms with Crippen LogP contribution in [-0.2, 0) is 6.61 Å². The molecule has 1 aromatic heterocycles. The highest BCUT2D eigenvalue weighted by molar-refractivity contribution is 5.19. The Morgan fingerprint density at radius 1 is 1.38 bits per heavy atom. The molecule has 0 unspecified atom stereocenters. The van der Waals surface area contributed by atoms with E-state index in [1.165, 1.54) is 0 Å². The number of likely N-dealkylation sites (N-methyl/N-ethyl adjacent to an activating group) is 1. The highest BCUT2D eigenvalue weighted by Crippen LogP contribution is 2.08. The number of rotatable bonds is 7. The molecule has 16 heavy (non-hydrogen) atoms. The van der Waals surface area contributed by atoms with Crippen LogP contribution in [0.2, 0.25) is 0 Å². The molecule has 1 N–H and O–H groups in total. The summed E-state index contributed by atoms with van der Waals surface area (Å²) in [4.78, 5) is 6.37. The van der Waals surface area contributed by atoms with Crippen LogP contribution in [0.25, 0.3) is 0 Å². The molecule has 0 aliphatic carbocycles. The average Bonchev–Trinajstić information content (AvgIpc) is 2.35. The summed E-state index contributed by atoms with van der Waals surface area (Å²) >= 11 is 0. The normalized spacial score (nSPS) is 10.8. The fourth-order valence-corrected chi connectivity index (χ4v) is 1.45. The predicted molar refractivity (Wildman–Crippen MR) is 63.4 cm³/mol. The third-order valence-electron chi connectivity index (χ3n) is 2.53. The van der Waals surface area contributed by atoms with Crippen LogP contribution in [-0.4, -0.2) is 41.2 Å². The molecule has 0 aliphatic rings. The fraction of sp³-hybridized carbons (Fsp3) is 0.583. The topological polar surface area (TPSA) is 45.6 Å². The van der Waals surface area contributed by atoms with E-state index in [-0.39, 0.29) is 6.61 Å². The van der Waals surface area contributed by atoms with Crippen LogP contribution in [0, 0.1) is 0 Å². The Morgan fingerprint density at radius 2 is 2.12 bits per heavy atom. The average molecular weight is 224 g/mol. The van der Waals surface area contributed by atoms with Crippen LogP contribution in [0.15, 0.2) is 18.3 Å². The summed E-state index contributed by atoms with van der Waals surface area (Å²) in [5.41, 5.74) is 0.827. The van der Waals surface area contributed by atoms with Gasteiger partial charge in [-0.25, -0.2) is 4.98 Å². The monoisotopic (exact) mass is 224 g/mol. The van der Waals surface area contributed by atoms with Gasteiger partial charge in [-0.15, -0.1) is 0 Å². The van der Waals surface area contributed by atoms with E-state index in [1.807, 2.05) is 0 Å². The Hall–Kier alpha value is -1.13. The molecule has 0 spiro atoms. The maximum atomic E-state index is 8.96. The molecule has 90 valence electrons. The lowest BCUT2D eigenvalue weighted by molar-refractivity contribution is 0.217. The molecule has 0 atom stereocenters. The summed E-state index contributed by atoms with van der Waals surface area (Å²) in [6, 6.07) is 3.54. The maximum Gasteiger partial charge on any atom is 0.213 e. The summed E-state index contributed by atoms with van der Waals surface area (Å²) in [5, 5.41) is 8.96. The van der Waals surface area contributed by atoms with Crippen molar-refractivity contribution in [2.24, 2.45) is 0 Å². The first kappa shape index (κ1) is 12.9. The van der Waals surface area contributed by atoms with Gasteiger partial charge in [-0.1, -0.05) is 13.8 Å². The zero-order chi connectivity index (χ0) is 11.8. The number of hydrogen-bond acceptors (Lipinski definition) is 4. The molecule has 0 saturated carbocycles. The van der Waals surface area contributed by atoms with Crippen molar-refractivity contribution in [1.29, 1.82) is 0 Å². The van der Waals surface area contributed by atoms with Crippen LogP contribution in [0.3, 0.4) is 0 Å². The number of nitrogens with zero attached hydrogens (tertiary/aromatic N) is 2. The third kappa shape index (κ3) is 4.16. The van der Waals surface area contributed by atoms with Crippen molar-refractivity contribution >= 4 is 0 Å². The van der Waals surface area contributed by atoms with Gasteiger partial charge in [0.25, 0.3) is 0 Å². The van der Waals surface area contributed by atoms with Crippen molar-refractivity contribution in [2.45, 2.75) is 20.5 Å². The SMILES string of the molecule is CCN(CC)CCOc1cc(CO)ccn1. The van der Waals surface area contributed by atoms with Crippen LogP contribution >= 0.6 is 0 Å². The molecule has 4 nitrogen and oxygen atoms in total. The minimum atomic E-state index is 0.0227. The highest BCUT2D eigenvalue weighted by Gasteiger charge is 2.01. The van der Waals surface area contributed by atoms with Crippen molar-refractivity contribution in [1.82, 2.24) is 9.88 Å². The number of hydrogen-bond donors (Lipinski definition) is 1. The minimum Gasteiger partial charge on any atom is -0.476 e. The van der Waals surface area contributed by atoms with Gasteiger partial charge in [-0.05, 0) is 24.7 Å². The second-order valence-electron chi connectivity index (χ2n) is 3.54. The lowest BCUT2D eigenvalue weighted by atomic mass is 10.3. The number of ether oxygens (including phenoxy) is 1. The van der Waals surface area contributed by atoms with Crippen LogP contribution < -0.4 is 4.74 Å². The van der Waals surface area contributed by atoms with E-state index in [2.05, 4.69) is 23.7 Å². The summed E-state index contributed by atoms with van der Waals surface area (Å²) in [7, 11) is 0. The Kier molecular flexibility index (Phi) is 5.82. The van der Waals surface area contributed by atoms with Crippen molar-refractivity contribution < 1.29 is 9.84 Å². The number of pyridine rings is 1. The van der Waals surface area contributed by atoms with Gasteiger partial charge in [0.05, 0.1) is 6.61 Å². The quantitative estimate of drug-likeness (QED) is 0.758. The predicted octanol–water partition coefficient (Wildman–Crippen LogP) is 1.29. The zero-order valence-corrected chi connectivity index (χ0v) is 10.0. The van der Waals surface area contributed by atoms with Gasteiger partial charge in [0.1, 0.15) is 6.61 Å². The Labute approximate surface area is 96.9 Å². The third-order valence-corrected chi connectivity index (χ3v) is 2.53. The molecule has 1 heterocycles. The van der Waals surface area contributed by atoms with Crippen LogP contribution in [0.5, 0.6) is 5.88 Å². The molecule has 4 heteroatoms. The summed E-state index contributed by atoms with van der Waals surface area (Å²) in [5.74, 6) is 0.582. The van der Waals surface area contributed by atoms with Gasteiger partial charge >= 0.3 is 0 Å². The van der Waals surface area contributed by atoms with Crippen molar-refractivity contribution in [3.8, 4) is 5.88 Å². The first-order chi connectivity index (χ1) is 7.80. The molecule has 0 bridgehead atoms. The second-order valence-corrected chi connectivity index (χ2v) is 3.54. The highest BCUT2D eigenvalue weighted by atomic mass is 16.5. The van der Waals surface area contributed by atoms with Crippen molar-refractivity contribution in [2.75, 3.05) is 26.2 Å². The minimum absolute atomic E-state index is 0.0227. The van der Waals surface area contributed by atoms with E-state index in [4.69, 9.17) is 9.84 Å². The molecule has 0 radical (unpaired) electrons. The van der Waals surface area contributed by atoms with E-state index in [1.54, 1.807) is 18.3 Å². The smallest absolute Gasteiger partial charge is 0.213 e. The fourth-order valence-electron chi connectivity index (χ4n) is 1.45. The summed E-state index contributed by atoms with van der Waals surface area (Å²) < 4.78 is 5.52. The van der Waals surface area contributed by atoms with Gasteiger partial charge in [-0.2, -0.15) is 0 Å². The molecule has 0 aliphatic heterocycles. The maximum absolute atomic E-state index is 8.96. The Morgan fingerprint density at radius 3 is 2.75 bits per heavy atom. The molecular weight excluding hydrogens is 204 g/mol. The summed E-state index contributed by atoms with van der Waals surface area (Å²) in [6.07, 6.45) is 1.65. The lowest BCUT2D eigenvalue weighted by Crippen LogP contribution is -2.28. The first-order valence-electron chi connectivity index (χ1n) is 5.71. The van der Waals surface area contributed by atoms with Gasteiger partial charge in [0.2, 0.25) is 5.88 Å². The number of aromatic nitrogens is 1. The van der Waals surface area contributed by atoms with Crippen molar-refractivity contribution in [3.63, 3.8) is 0 Å². The van der Waals surface area contributed by atoms with E-state index in [9.17, 15) is 0 Å². The Bertz CT molecular complexity index is 301. The molecule has 0 saturated heterocycles. The van der Waals surface area contributed by atoms with Gasteiger partial charge in [-0.3, -0.25) is 0 Å². The van der Waals surface area contributed by atoms with Gasteiger partial charge in [0, 0.05) is 18.8 Å². The molecule has 1 rings (SSSR count). The van der Waals surface area contributed by atoms with Crippen molar-refractivity contribution in [3.05, 3.63) is 23.9 Å². The van der Waals surface area contributed by atoms with Crippen LogP contribution in [0.4, 0.5) is 0 Å². The molecule has 0 aromatic carbocycles. The largest absolute Gasteiger partial charge is 0.476 e. The van der Waals surface area contributed by atoms with Gasteiger partial charge < -0.3 is 14.7 Å². The molecule has 1 aromatic rings. The molecular formula is C12H20N2O2. The molecule has 0 amide bonds. The Balaban J connectivity index is 2.36. The van der Waals surface area contributed by atoms with Crippen LogP contribution in [0.1, 0.15) is 19.4 Å². The van der Waals surface area contributed by atoms with E-state index in [0.717, 1.165) is 25.2 Å². The second kappa shape index (κ2) is 7.19. The van der Waals surface area contributed by atoms with Gasteiger partial charge in [0.15, 0.2) is 0 Å². The number of aliphatic hydroxyl groups excluding tert-OH is 1. The standard InChI is InChI=1S/C12H20N2O2/c1-3-14(4-2)7-8-16-12-9-11(10-15)5-6-13-12/h5-6,9,15H,3-4,7-8,10H2,1-2H3. The summed E-state index contributed by atoms with van der Waals surface area (Å²) in [6.45, 7) is 7.88. The number of aliphatic hydroxyl groups is 1. The van der Waals surface area contributed by atoms with E-state index in [0.29, 0.717) is 12.5 Å². The molecule has 0 fully saturated rings. The first-order valence-corrected chi connectivity index (χ1v) is 5.71. The van der Waals surface area contributed by atoms with E-state index >= 15 is 0 Å².